The first-order valence-corrected chi connectivity index (χ1v) is 6.42. The van der Waals surface area contributed by atoms with Crippen LogP contribution in [0.25, 0.3) is 0 Å². The first-order chi connectivity index (χ1) is 10.1. The fourth-order valence-corrected chi connectivity index (χ4v) is 2.05. The number of carbonyl (C=O) groups is 1. The Morgan fingerprint density at radius 2 is 2.10 bits per heavy atom. The van der Waals surface area contributed by atoms with Crippen molar-refractivity contribution in [3.05, 3.63) is 47.8 Å². The molecular formula is C15H18N4O2. The van der Waals surface area contributed by atoms with Crippen LogP contribution in [0.4, 0.5) is 11.4 Å². The fraction of sp³-hybridized carbons (Fsp3) is 0.200. The topological polar surface area (TPSA) is 80.5 Å². The molecule has 0 atom stereocenters. The van der Waals surface area contributed by atoms with E-state index < -0.39 is 0 Å². The Kier molecular flexibility index (Phi) is 4.39. The van der Waals surface area contributed by atoms with E-state index in [2.05, 4.69) is 10.4 Å². The van der Waals surface area contributed by atoms with Crippen LogP contribution in [0, 0.1) is 6.92 Å². The molecule has 21 heavy (non-hydrogen) atoms. The van der Waals surface area contributed by atoms with Gasteiger partial charge in [-0.2, -0.15) is 0 Å². The number of nitrogens with one attached hydrogen (secondary N) is 1. The summed E-state index contributed by atoms with van der Waals surface area (Å²) >= 11 is 0. The second-order valence-corrected chi connectivity index (χ2v) is 4.55. The molecule has 110 valence electrons. The average Bonchev–Trinajstić information content (AvgIpc) is 2.53. The van der Waals surface area contributed by atoms with Crippen molar-refractivity contribution in [2.75, 3.05) is 24.5 Å². The molecule has 0 unspecified atom stereocenters. The quantitative estimate of drug-likeness (QED) is 0.663. The molecule has 3 N–H and O–H groups in total. The van der Waals surface area contributed by atoms with Gasteiger partial charge in [0.15, 0.2) is 0 Å². The second kappa shape index (κ2) is 6.23. The van der Waals surface area contributed by atoms with Crippen molar-refractivity contribution in [1.82, 2.24) is 4.98 Å². The Labute approximate surface area is 123 Å². The molecule has 0 aliphatic heterocycles. The average molecular weight is 286 g/mol. The van der Waals surface area contributed by atoms with Crippen molar-refractivity contribution in [3.63, 3.8) is 0 Å². The first-order valence-electron chi connectivity index (χ1n) is 6.42. The highest BCUT2D eigenvalue weighted by Crippen LogP contribution is 2.28. The molecule has 0 saturated heterocycles. The number of nitrogens with zero attached hydrogens (tertiary/aromatic N) is 2. The Morgan fingerprint density at radius 1 is 1.38 bits per heavy atom. The van der Waals surface area contributed by atoms with Gasteiger partial charge < -0.3 is 15.1 Å². The number of para-hydroxylation sites is 2. The molecule has 1 aromatic carbocycles. The molecular weight excluding hydrogens is 268 g/mol. The van der Waals surface area contributed by atoms with Crippen LogP contribution in [0.1, 0.15) is 16.1 Å². The Bertz CT molecular complexity index is 658. The zero-order valence-electron chi connectivity index (χ0n) is 12.3. The van der Waals surface area contributed by atoms with Crippen LogP contribution < -0.4 is 20.9 Å². The maximum absolute atomic E-state index is 12.6. The molecule has 0 fully saturated rings. The molecule has 6 nitrogen and oxygen atoms in total. The molecule has 1 aromatic heterocycles. The van der Waals surface area contributed by atoms with Crippen LogP contribution in [0.15, 0.2) is 36.5 Å². The minimum atomic E-state index is -0.222. The summed E-state index contributed by atoms with van der Waals surface area (Å²) in [5.74, 6) is 5.88. The van der Waals surface area contributed by atoms with E-state index in [0.717, 1.165) is 5.69 Å². The summed E-state index contributed by atoms with van der Waals surface area (Å²) in [4.78, 5) is 18.3. The maximum atomic E-state index is 12.6. The van der Waals surface area contributed by atoms with Crippen LogP contribution in [-0.2, 0) is 0 Å². The van der Waals surface area contributed by atoms with Gasteiger partial charge in [0.25, 0.3) is 5.91 Å². The van der Waals surface area contributed by atoms with Crippen LogP contribution in [0.2, 0.25) is 0 Å². The molecule has 6 heteroatoms. The van der Waals surface area contributed by atoms with E-state index >= 15 is 0 Å². The number of ether oxygens (including phenoxy) is 1. The van der Waals surface area contributed by atoms with Crippen molar-refractivity contribution in [1.29, 1.82) is 0 Å². The highest BCUT2D eigenvalue weighted by molar-refractivity contribution is 6.09. The number of methoxy groups -OCH3 is 1. The molecule has 0 bridgehead atoms. The number of hydrazine groups is 1. The molecule has 1 heterocycles. The fourth-order valence-electron chi connectivity index (χ4n) is 2.05. The van der Waals surface area contributed by atoms with E-state index in [0.29, 0.717) is 22.7 Å². The monoisotopic (exact) mass is 286 g/mol. The standard InChI is InChI=1S/C15H18N4O2/c1-10-8-12(18-16)11(9-17-10)15(20)19(2)13-6-4-5-7-14(13)21-3/h4-9H,16H2,1-3H3,(H,17,18). The van der Waals surface area contributed by atoms with E-state index in [4.69, 9.17) is 10.6 Å². The normalized spacial score (nSPS) is 10.1. The zero-order chi connectivity index (χ0) is 15.4. The summed E-state index contributed by atoms with van der Waals surface area (Å²) in [5.41, 5.74) is 4.92. The second-order valence-electron chi connectivity index (χ2n) is 4.55. The number of aryl methyl sites for hydroxylation is 1. The lowest BCUT2D eigenvalue weighted by molar-refractivity contribution is 0.0993. The number of amides is 1. The third-order valence-corrected chi connectivity index (χ3v) is 3.18. The lowest BCUT2D eigenvalue weighted by Gasteiger charge is -2.21. The summed E-state index contributed by atoms with van der Waals surface area (Å²) in [6.07, 6.45) is 1.51. The number of rotatable bonds is 4. The maximum Gasteiger partial charge on any atom is 0.261 e. The third-order valence-electron chi connectivity index (χ3n) is 3.18. The predicted octanol–water partition coefficient (Wildman–Crippen LogP) is 1.96. The summed E-state index contributed by atoms with van der Waals surface area (Å²) in [5, 5.41) is 0. The summed E-state index contributed by atoms with van der Waals surface area (Å²) in [6, 6.07) is 9.03. The van der Waals surface area contributed by atoms with Crippen LogP contribution in [0.3, 0.4) is 0 Å². The van der Waals surface area contributed by atoms with Gasteiger partial charge in [0.05, 0.1) is 24.0 Å². The van der Waals surface area contributed by atoms with Gasteiger partial charge in [-0.3, -0.25) is 15.6 Å². The predicted molar refractivity (Wildman–Crippen MR) is 82.5 cm³/mol. The minimum Gasteiger partial charge on any atom is -0.495 e. The van der Waals surface area contributed by atoms with Gasteiger partial charge in [0, 0.05) is 18.9 Å². The van der Waals surface area contributed by atoms with Gasteiger partial charge in [-0.15, -0.1) is 0 Å². The first kappa shape index (κ1) is 14.8. The van der Waals surface area contributed by atoms with Crippen molar-refractivity contribution in [2.24, 2.45) is 5.84 Å². The molecule has 0 saturated carbocycles. The number of hydrogen-bond acceptors (Lipinski definition) is 5. The Balaban J connectivity index is 2.40. The van der Waals surface area contributed by atoms with E-state index in [1.165, 1.54) is 11.1 Å². The number of benzene rings is 1. The minimum absolute atomic E-state index is 0.222. The van der Waals surface area contributed by atoms with Gasteiger partial charge in [-0.25, -0.2) is 0 Å². The van der Waals surface area contributed by atoms with E-state index in [1.54, 1.807) is 26.3 Å². The highest BCUT2D eigenvalue weighted by atomic mass is 16.5. The zero-order valence-corrected chi connectivity index (χ0v) is 12.3. The van der Waals surface area contributed by atoms with Gasteiger partial charge in [0.1, 0.15) is 5.75 Å². The van der Waals surface area contributed by atoms with E-state index in [1.807, 2.05) is 25.1 Å². The van der Waals surface area contributed by atoms with Crippen LogP contribution >= 0.6 is 0 Å². The number of hydrogen-bond donors (Lipinski definition) is 2. The number of anilines is 2. The molecule has 0 aliphatic rings. The van der Waals surface area contributed by atoms with Crippen LogP contribution in [0.5, 0.6) is 5.75 Å². The molecule has 0 radical (unpaired) electrons. The third kappa shape index (κ3) is 2.95. The van der Waals surface area contributed by atoms with E-state index in [9.17, 15) is 4.79 Å². The number of carbonyl (C=O) groups excluding carboxylic acids is 1. The van der Waals surface area contributed by atoms with Crippen molar-refractivity contribution in [2.45, 2.75) is 6.92 Å². The summed E-state index contributed by atoms with van der Waals surface area (Å²) < 4.78 is 5.28. The van der Waals surface area contributed by atoms with E-state index in [-0.39, 0.29) is 5.91 Å². The number of pyridine rings is 1. The van der Waals surface area contributed by atoms with Gasteiger partial charge in [0.2, 0.25) is 0 Å². The SMILES string of the molecule is COc1ccccc1N(C)C(=O)c1cnc(C)cc1NN. The van der Waals surface area contributed by atoms with Crippen molar-refractivity contribution < 1.29 is 9.53 Å². The molecule has 1 amide bonds. The molecule has 2 rings (SSSR count). The Hall–Kier alpha value is -2.60. The van der Waals surface area contributed by atoms with Crippen molar-refractivity contribution >= 4 is 17.3 Å². The Morgan fingerprint density at radius 3 is 2.76 bits per heavy atom. The lowest BCUT2D eigenvalue weighted by Crippen LogP contribution is -2.28. The van der Waals surface area contributed by atoms with Gasteiger partial charge in [-0.1, -0.05) is 12.1 Å². The number of aromatic nitrogens is 1. The lowest BCUT2D eigenvalue weighted by atomic mass is 10.1. The van der Waals surface area contributed by atoms with Gasteiger partial charge >= 0.3 is 0 Å². The summed E-state index contributed by atoms with van der Waals surface area (Å²) in [6.45, 7) is 1.83. The van der Waals surface area contributed by atoms with Gasteiger partial charge in [-0.05, 0) is 25.1 Å². The molecule has 2 aromatic rings. The largest absolute Gasteiger partial charge is 0.495 e. The summed E-state index contributed by atoms with van der Waals surface area (Å²) in [7, 11) is 3.25. The number of nitrogens with two attached hydrogens (primary N) is 1. The van der Waals surface area contributed by atoms with Crippen LogP contribution in [-0.4, -0.2) is 25.0 Å². The molecule has 0 spiro atoms. The smallest absolute Gasteiger partial charge is 0.261 e. The molecule has 0 aliphatic carbocycles. The highest BCUT2D eigenvalue weighted by Gasteiger charge is 2.20. The number of nitrogen functional groups attached to an aromatic ring is 1. The van der Waals surface area contributed by atoms with Crippen molar-refractivity contribution in [3.8, 4) is 5.75 Å².